The first-order valence-corrected chi connectivity index (χ1v) is 7.16. The maximum absolute atomic E-state index is 5.86. The second kappa shape index (κ2) is 8.35. The molecule has 1 N–H and O–H groups in total. The first kappa shape index (κ1) is 16.2. The maximum Gasteiger partial charge on any atom is 0.118 e. The minimum atomic E-state index is 0.876. The molecule has 0 bridgehead atoms. The smallest absolute Gasteiger partial charge is 0.118 e. The Morgan fingerprint density at radius 3 is 2.53 bits per heavy atom. The van der Waals surface area contributed by atoms with Crippen molar-refractivity contribution in [2.45, 2.75) is 33.4 Å². The van der Waals surface area contributed by atoms with Crippen LogP contribution in [0.5, 0.6) is 0 Å². The zero-order chi connectivity index (χ0) is 14.3. The van der Waals surface area contributed by atoms with Crippen molar-refractivity contribution in [2.24, 2.45) is 0 Å². The zero-order valence-electron chi connectivity index (χ0n) is 13.1. The van der Waals surface area contributed by atoms with Crippen molar-refractivity contribution >= 4 is 0 Å². The summed E-state index contributed by atoms with van der Waals surface area (Å²) < 4.78 is 5.86. The molecule has 4 heteroatoms. The molecule has 0 aliphatic heterocycles. The molecule has 0 atom stereocenters. The van der Waals surface area contributed by atoms with Gasteiger partial charge in [-0.3, -0.25) is 4.90 Å². The first-order valence-electron chi connectivity index (χ1n) is 7.16. The molecule has 0 aromatic carbocycles. The van der Waals surface area contributed by atoms with Crippen molar-refractivity contribution < 1.29 is 4.42 Å². The fraction of sp³-hybridized carbons (Fsp3) is 0.733. The highest BCUT2D eigenvalue weighted by atomic mass is 16.3. The Bertz CT molecular complexity index is 360. The molecule has 0 spiro atoms. The van der Waals surface area contributed by atoms with Crippen LogP contribution >= 0.6 is 0 Å². The summed E-state index contributed by atoms with van der Waals surface area (Å²) in [6.45, 7) is 9.34. The molecule has 0 aliphatic carbocycles. The molecule has 4 nitrogen and oxygen atoms in total. The Hall–Kier alpha value is -0.840. The van der Waals surface area contributed by atoms with Gasteiger partial charge in [0.05, 0.1) is 6.54 Å². The molecule has 1 heterocycles. The number of hydrogen-bond acceptors (Lipinski definition) is 4. The molecular weight excluding hydrogens is 238 g/mol. The predicted octanol–water partition coefficient (Wildman–Crippen LogP) is 2.08. The quantitative estimate of drug-likeness (QED) is 0.742. The molecule has 1 aromatic heterocycles. The summed E-state index contributed by atoms with van der Waals surface area (Å²) in [6, 6.07) is 2.18. The lowest BCUT2D eigenvalue weighted by molar-refractivity contribution is 0.217. The van der Waals surface area contributed by atoms with Gasteiger partial charge in [0.25, 0.3) is 0 Å². The van der Waals surface area contributed by atoms with Crippen LogP contribution in [0.15, 0.2) is 10.5 Å². The Morgan fingerprint density at radius 2 is 1.95 bits per heavy atom. The third-order valence-electron chi connectivity index (χ3n) is 3.22. The lowest BCUT2D eigenvalue weighted by Gasteiger charge is -2.22. The SMILES string of the molecule is CCCN(CCN(C)C)Cc1cc(CNC)c(C)o1. The molecule has 0 saturated heterocycles. The van der Waals surface area contributed by atoms with E-state index in [4.69, 9.17) is 4.42 Å². The van der Waals surface area contributed by atoms with Crippen LogP contribution in [-0.2, 0) is 13.1 Å². The van der Waals surface area contributed by atoms with Gasteiger partial charge in [0.15, 0.2) is 0 Å². The lowest BCUT2D eigenvalue weighted by atomic mass is 10.2. The highest BCUT2D eigenvalue weighted by molar-refractivity contribution is 5.20. The Morgan fingerprint density at radius 1 is 1.21 bits per heavy atom. The molecular formula is C15H29N3O. The van der Waals surface area contributed by atoms with Gasteiger partial charge >= 0.3 is 0 Å². The van der Waals surface area contributed by atoms with Gasteiger partial charge in [0.2, 0.25) is 0 Å². The molecule has 0 fully saturated rings. The second-order valence-electron chi connectivity index (χ2n) is 5.40. The Labute approximate surface area is 117 Å². The summed E-state index contributed by atoms with van der Waals surface area (Å²) in [5, 5.41) is 3.18. The fourth-order valence-electron chi connectivity index (χ4n) is 2.18. The number of likely N-dealkylation sites (N-methyl/N-ethyl adjacent to an activating group) is 1. The number of furan rings is 1. The topological polar surface area (TPSA) is 31.6 Å². The highest BCUT2D eigenvalue weighted by Gasteiger charge is 2.11. The van der Waals surface area contributed by atoms with Gasteiger partial charge in [-0.2, -0.15) is 0 Å². The number of nitrogens with zero attached hydrogens (tertiary/aromatic N) is 2. The summed E-state index contributed by atoms with van der Waals surface area (Å²) in [5.41, 5.74) is 1.27. The van der Waals surface area contributed by atoms with Crippen LogP contribution in [0.2, 0.25) is 0 Å². The van der Waals surface area contributed by atoms with E-state index in [9.17, 15) is 0 Å². The monoisotopic (exact) mass is 267 g/mol. The second-order valence-corrected chi connectivity index (χ2v) is 5.40. The van der Waals surface area contributed by atoms with Crippen molar-refractivity contribution in [3.63, 3.8) is 0 Å². The lowest BCUT2D eigenvalue weighted by Crippen LogP contribution is -2.31. The molecule has 110 valence electrons. The van der Waals surface area contributed by atoms with Crippen molar-refractivity contribution in [1.29, 1.82) is 0 Å². The Kier molecular flexibility index (Phi) is 7.13. The third-order valence-corrected chi connectivity index (χ3v) is 3.22. The molecule has 1 rings (SSSR count). The summed E-state index contributed by atoms with van der Waals surface area (Å²) in [6.07, 6.45) is 1.18. The van der Waals surface area contributed by atoms with E-state index in [0.29, 0.717) is 0 Å². The average Bonchev–Trinajstić information content (AvgIpc) is 2.67. The molecule has 0 unspecified atom stereocenters. The molecule has 1 aromatic rings. The van der Waals surface area contributed by atoms with E-state index < -0.39 is 0 Å². The van der Waals surface area contributed by atoms with E-state index in [0.717, 1.165) is 44.2 Å². The van der Waals surface area contributed by atoms with Crippen LogP contribution in [0.1, 0.15) is 30.4 Å². The van der Waals surface area contributed by atoms with E-state index in [2.05, 4.69) is 42.2 Å². The van der Waals surface area contributed by atoms with E-state index in [1.165, 1.54) is 12.0 Å². The maximum atomic E-state index is 5.86. The van der Waals surface area contributed by atoms with E-state index >= 15 is 0 Å². The van der Waals surface area contributed by atoms with Gasteiger partial charge in [0, 0.05) is 25.2 Å². The Balaban J connectivity index is 2.59. The van der Waals surface area contributed by atoms with Crippen LogP contribution in [0.3, 0.4) is 0 Å². The van der Waals surface area contributed by atoms with Crippen molar-refractivity contribution in [2.75, 3.05) is 40.8 Å². The number of rotatable bonds is 9. The van der Waals surface area contributed by atoms with Gasteiger partial charge in [-0.05, 0) is 47.1 Å². The minimum absolute atomic E-state index is 0.876. The first-order chi connectivity index (χ1) is 9.06. The standard InChI is InChI=1S/C15H29N3O/c1-6-7-18(9-8-17(4)5)12-15-10-14(11-16-3)13(2)19-15/h10,16H,6-9,11-12H2,1-5H3. The minimum Gasteiger partial charge on any atom is -0.465 e. The van der Waals surface area contributed by atoms with E-state index in [1.807, 2.05) is 14.0 Å². The molecule has 0 radical (unpaired) electrons. The third kappa shape index (κ3) is 5.76. The average molecular weight is 267 g/mol. The van der Waals surface area contributed by atoms with Crippen LogP contribution < -0.4 is 5.32 Å². The predicted molar refractivity (Wildman–Crippen MR) is 80.3 cm³/mol. The van der Waals surface area contributed by atoms with Crippen LogP contribution in [0.25, 0.3) is 0 Å². The van der Waals surface area contributed by atoms with Crippen molar-refractivity contribution in [3.05, 3.63) is 23.2 Å². The fourth-order valence-corrected chi connectivity index (χ4v) is 2.18. The summed E-state index contributed by atoms with van der Waals surface area (Å²) in [4.78, 5) is 4.68. The van der Waals surface area contributed by atoms with Crippen molar-refractivity contribution in [3.8, 4) is 0 Å². The largest absolute Gasteiger partial charge is 0.465 e. The highest BCUT2D eigenvalue weighted by Crippen LogP contribution is 2.16. The summed E-state index contributed by atoms with van der Waals surface area (Å²) >= 11 is 0. The van der Waals surface area contributed by atoms with Gasteiger partial charge in [0.1, 0.15) is 11.5 Å². The normalized spacial score (nSPS) is 11.7. The molecule has 0 aliphatic rings. The molecule has 0 amide bonds. The van der Waals surface area contributed by atoms with Crippen molar-refractivity contribution in [1.82, 2.24) is 15.1 Å². The number of hydrogen-bond donors (Lipinski definition) is 1. The van der Waals surface area contributed by atoms with Gasteiger partial charge in [-0.1, -0.05) is 6.92 Å². The van der Waals surface area contributed by atoms with E-state index in [-0.39, 0.29) is 0 Å². The van der Waals surface area contributed by atoms with Gasteiger partial charge < -0.3 is 14.6 Å². The number of aryl methyl sites for hydroxylation is 1. The van der Waals surface area contributed by atoms with E-state index in [1.54, 1.807) is 0 Å². The molecule has 0 saturated carbocycles. The van der Waals surface area contributed by atoms with Crippen LogP contribution in [0, 0.1) is 6.92 Å². The van der Waals surface area contributed by atoms with Gasteiger partial charge in [-0.15, -0.1) is 0 Å². The summed E-state index contributed by atoms with van der Waals surface area (Å²) in [7, 11) is 6.20. The number of nitrogens with one attached hydrogen (secondary N) is 1. The van der Waals surface area contributed by atoms with Gasteiger partial charge in [-0.25, -0.2) is 0 Å². The van der Waals surface area contributed by atoms with Crippen LogP contribution in [-0.4, -0.2) is 50.6 Å². The molecule has 19 heavy (non-hydrogen) atoms. The zero-order valence-corrected chi connectivity index (χ0v) is 13.1. The van der Waals surface area contributed by atoms with Crippen LogP contribution in [0.4, 0.5) is 0 Å². The summed E-state index contributed by atoms with van der Waals surface area (Å²) in [5.74, 6) is 2.11.